The Morgan fingerprint density at radius 1 is 1.30 bits per heavy atom. The molecule has 0 saturated heterocycles. The highest BCUT2D eigenvalue weighted by Gasteiger charge is 2.07. The number of nitrogen functional groups attached to an aromatic ring is 1. The van der Waals surface area contributed by atoms with Gasteiger partial charge in [0.1, 0.15) is 12.4 Å². The lowest BCUT2D eigenvalue weighted by Gasteiger charge is -2.12. The van der Waals surface area contributed by atoms with E-state index in [0.29, 0.717) is 24.6 Å². The number of anilines is 1. The average Bonchev–Trinajstić information content (AvgIpc) is 2.47. The van der Waals surface area contributed by atoms with Crippen molar-refractivity contribution in [3.05, 3.63) is 60.3 Å². The van der Waals surface area contributed by atoms with Crippen LogP contribution in [-0.4, -0.2) is 12.1 Å². The molecule has 0 fully saturated rings. The third-order valence-electron chi connectivity index (χ3n) is 2.88. The highest BCUT2D eigenvalue weighted by atomic mass is 16.5. The first-order valence-corrected chi connectivity index (χ1v) is 6.34. The fourth-order valence-electron chi connectivity index (χ4n) is 1.93. The molecule has 4 heteroatoms. The zero-order valence-corrected chi connectivity index (χ0v) is 11.5. The molecule has 0 spiro atoms. The number of nitrogens with zero attached hydrogens (tertiary/aromatic N) is 1. The number of rotatable bonds is 6. The first-order valence-electron chi connectivity index (χ1n) is 6.34. The monoisotopic (exact) mass is 270 g/mol. The lowest BCUT2D eigenvalue weighted by molar-refractivity contribution is 0.291. The summed E-state index contributed by atoms with van der Waals surface area (Å²) in [5.41, 5.74) is 8.42. The predicted octanol–water partition coefficient (Wildman–Crippen LogP) is 2.98. The van der Waals surface area contributed by atoms with Gasteiger partial charge in [0.05, 0.1) is 12.7 Å². The molecule has 4 nitrogen and oxygen atoms in total. The molecule has 104 valence electrons. The minimum absolute atomic E-state index is 0.394. The van der Waals surface area contributed by atoms with E-state index in [0.717, 1.165) is 16.9 Å². The summed E-state index contributed by atoms with van der Waals surface area (Å²) in [6, 6.07) is 9.38. The van der Waals surface area contributed by atoms with E-state index in [1.54, 1.807) is 13.3 Å². The number of benzene rings is 1. The zero-order chi connectivity index (χ0) is 14.4. The number of allylic oxidation sites excluding steroid dienone is 1. The first-order chi connectivity index (χ1) is 9.74. The van der Waals surface area contributed by atoms with Gasteiger partial charge in [0, 0.05) is 11.9 Å². The second-order valence-corrected chi connectivity index (χ2v) is 4.32. The van der Waals surface area contributed by atoms with Gasteiger partial charge in [0.15, 0.2) is 0 Å². The highest BCUT2D eigenvalue weighted by molar-refractivity contribution is 5.48. The summed E-state index contributed by atoms with van der Waals surface area (Å²) in [4.78, 5) is 4.14. The molecule has 1 aromatic carbocycles. The van der Waals surface area contributed by atoms with Crippen LogP contribution >= 0.6 is 0 Å². The summed E-state index contributed by atoms with van der Waals surface area (Å²) >= 11 is 0. The second-order valence-electron chi connectivity index (χ2n) is 4.32. The van der Waals surface area contributed by atoms with Crippen molar-refractivity contribution in [2.75, 3.05) is 12.8 Å². The third kappa shape index (κ3) is 3.29. The van der Waals surface area contributed by atoms with Gasteiger partial charge in [-0.2, -0.15) is 0 Å². The molecule has 0 aliphatic carbocycles. The van der Waals surface area contributed by atoms with Crippen LogP contribution in [0.5, 0.6) is 11.6 Å². The van der Waals surface area contributed by atoms with E-state index >= 15 is 0 Å². The number of aromatic nitrogens is 1. The zero-order valence-electron chi connectivity index (χ0n) is 11.5. The third-order valence-corrected chi connectivity index (χ3v) is 2.88. The predicted molar refractivity (Wildman–Crippen MR) is 79.9 cm³/mol. The summed E-state index contributed by atoms with van der Waals surface area (Å²) in [6.07, 6.45) is 4.23. The molecule has 20 heavy (non-hydrogen) atoms. The van der Waals surface area contributed by atoms with Gasteiger partial charge in [-0.3, -0.25) is 0 Å². The minimum Gasteiger partial charge on any atom is -0.488 e. The number of methoxy groups -OCH3 is 1. The molecule has 0 unspecified atom stereocenters. The Morgan fingerprint density at radius 2 is 2.15 bits per heavy atom. The van der Waals surface area contributed by atoms with E-state index in [1.807, 2.05) is 36.4 Å². The Morgan fingerprint density at radius 3 is 2.90 bits per heavy atom. The van der Waals surface area contributed by atoms with Gasteiger partial charge in [-0.15, -0.1) is 6.58 Å². The molecule has 2 rings (SSSR count). The molecule has 0 radical (unpaired) electrons. The van der Waals surface area contributed by atoms with Crippen molar-refractivity contribution >= 4 is 5.69 Å². The highest BCUT2D eigenvalue weighted by Crippen LogP contribution is 2.24. The lowest BCUT2D eigenvalue weighted by atomic mass is 10.1. The standard InChI is InChI=1S/C16H18N2O2/c1-3-5-12-10-14(17)7-8-15(12)20-11-13-6-4-9-18-16(13)19-2/h3-4,6-10H,1,5,11,17H2,2H3. The molecule has 1 heterocycles. The van der Waals surface area contributed by atoms with Crippen LogP contribution < -0.4 is 15.2 Å². The fraction of sp³-hybridized carbons (Fsp3) is 0.188. The van der Waals surface area contributed by atoms with Crippen LogP contribution in [0.15, 0.2) is 49.2 Å². The average molecular weight is 270 g/mol. The number of pyridine rings is 1. The molecule has 0 aliphatic heterocycles. The molecular weight excluding hydrogens is 252 g/mol. The van der Waals surface area contributed by atoms with Gasteiger partial charge >= 0.3 is 0 Å². The molecule has 2 N–H and O–H groups in total. The molecule has 0 atom stereocenters. The number of hydrogen-bond acceptors (Lipinski definition) is 4. The fourth-order valence-corrected chi connectivity index (χ4v) is 1.93. The largest absolute Gasteiger partial charge is 0.488 e. The van der Waals surface area contributed by atoms with Crippen LogP contribution in [0, 0.1) is 0 Å². The number of hydrogen-bond donors (Lipinski definition) is 1. The van der Waals surface area contributed by atoms with Crippen LogP contribution in [0.4, 0.5) is 5.69 Å². The molecule has 2 aromatic rings. The summed E-state index contributed by atoms with van der Waals surface area (Å²) in [6.45, 7) is 4.14. The molecule has 0 saturated carbocycles. The summed E-state index contributed by atoms with van der Waals surface area (Å²) in [5, 5.41) is 0. The summed E-state index contributed by atoms with van der Waals surface area (Å²) < 4.78 is 11.1. The van der Waals surface area contributed by atoms with Gasteiger partial charge in [0.25, 0.3) is 0 Å². The van der Waals surface area contributed by atoms with Gasteiger partial charge < -0.3 is 15.2 Å². The molecule has 0 aliphatic rings. The van der Waals surface area contributed by atoms with Crippen molar-refractivity contribution in [2.24, 2.45) is 0 Å². The molecule has 0 bridgehead atoms. The van der Waals surface area contributed by atoms with Crippen molar-refractivity contribution in [3.8, 4) is 11.6 Å². The van der Waals surface area contributed by atoms with Crippen molar-refractivity contribution in [1.29, 1.82) is 0 Å². The van der Waals surface area contributed by atoms with E-state index in [-0.39, 0.29) is 0 Å². The van der Waals surface area contributed by atoms with E-state index in [9.17, 15) is 0 Å². The minimum atomic E-state index is 0.394. The van der Waals surface area contributed by atoms with Gasteiger partial charge in [-0.05, 0) is 42.3 Å². The van der Waals surface area contributed by atoms with Crippen LogP contribution in [-0.2, 0) is 13.0 Å². The van der Waals surface area contributed by atoms with Crippen molar-refractivity contribution in [3.63, 3.8) is 0 Å². The first kappa shape index (κ1) is 13.9. The Kier molecular flexibility index (Phi) is 4.60. The van der Waals surface area contributed by atoms with Gasteiger partial charge in [0.2, 0.25) is 5.88 Å². The number of nitrogens with two attached hydrogens (primary N) is 1. The maximum absolute atomic E-state index is 5.85. The lowest BCUT2D eigenvalue weighted by Crippen LogP contribution is -2.02. The second kappa shape index (κ2) is 6.61. The van der Waals surface area contributed by atoms with Gasteiger partial charge in [-0.1, -0.05) is 6.08 Å². The molecular formula is C16H18N2O2. The Bertz CT molecular complexity index is 597. The van der Waals surface area contributed by atoms with Crippen molar-refractivity contribution in [1.82, 2.24) is 4.98 Å². The molecule has 0 amide bonds. The smallest absolute Gasteiger partial charge is 0.219 e. The van der Waals surface area contributed by atoms with E-state index < -0.39 is 0 Å². The van der Waals surface area contributed by atoms with Crippen molar-refractivity contribution < 1.29 is 9.47 Å². The van der Waals surface area contributed by atoms with Gasteiger partial charge in [-0.25, -0.2) is 4.98 Å². The topological polar surface area (TPSA) is 57.4 Å². The number of ether oxygens (including phenoxy) is 2. The maximum atomic E-state index is 5.85. The normalized spacial score (nSPS) is 10.1. The Balaban J connectivity index is 2.16. The van der Waals surface area contributed by atoms with E-state index in [4.69, 9.17) is 15.2 Å². The van der Waals surface area contributed by atoms with Crippen LogP contribution in [0.1, 0.15) is 11.1 Å². The van der Waals surface area contributed by atoms with E-state index in [1.165, 1.54) is 0 Å². The van der Waals surface area contributed by atoms with Crippen molar-refractivity contribution in [2.45, 2.75) is 13.0 Å². The van der Waals surface area contributed by atoms with Crippen LogP contribution in [0.3, 0.4) is 0 Å². The summed E-state index contributed by atoms with van der Waals surface area (Å²) in [5.74, 6) is 1.37. The van der Waals surface area contributed by atoms with E-state index in [2.05, 4.69) is 11.6 Å². The maximum Gasteiger partial charge on any atom is 0.219 e. The quantitative estimate of drug-likeness (QED) is 0.647. The SMILES string of the molecule is C=CCc1cc(N)ccc1OCc1cccnc1OC. The summed E-state index contributed by atoms with van der Waals surface area (Å²) in [7, 11) is 1.60. The Hall–Kier alpha value is -2.49. The Labute approximate surface area is 118 Å². The van der Waals surface area contributed by atoms with Crippen LogP contribution in [0.25, 0.3) is 0 Å². The molecule has 1 aromatic heterocycles. The van der Waals surface area contributed by atoms with Crippen LogP contribution in [0.2, 0.25) is 0 Å².